The van der Waals surface area contributed by atoms with Crippen LogP contribution < -0.4 is 15.1 Å². The fourth-order valence-electron chi connectivity index (χ4n) is 4.06. The van der Waals surface area contributed by atoms with E-state index in [2.05, 4.69) is 5.16 Å². The van der Waals surface area contributed by atoms with Gasteiger partial charge in [0.2, 0.25) is 5.76 Å². The molecule has 3 heterocycles. The molecule has 1 aliphatic heterocycles. The molecule has 2 aromatic carbocycles. The van der Waals surface area contributed by atoms with Crippen LogP contribution in [0, 0.1) is 20.8 Å². The molecule has 1 atom stereocenters. The van der Waals surface area contributed by atoms with Gasteiger partial charge < -0.3 is 13.7 Å². The molecule has 2 aromatic heterocycles. The molecule has 0 fully saturated rings. The van der Waals surface area contributed by atoms with Crippen molar-refractivity contribution in [1.82, 2.24) is 5.16 Å². The number of ether oxygens (including phenoxy) is 1. The van der Waals surface area contributed by atoms with E-state index in [1.54, 1.807) is 38.3 Å². The zero-order chi connectivity index (χ0) is 21.9. The number of rotatable bonds is 3. The number of hydrogen-bond donors (Lipinski definition) is 0. The highest BCUT2D eigenvalue weighted by Crippen LogP contribution is 2.41. The van der Waals surface area contributed by atoms with Crippen LogP contribution in [0.2, 0.25) is 0 Å². The van der Waals surface area contributed by atoms with Crippen molar-refractivity contribution in [2.45, 2.75) is 26.8 Å². The zero-order valence-electron chi connectivity index (χ0n) is 17.6. The summed E-state index contributed by atoms with van der Waals surface area (Å²) in [7, 11) is 1.57. The summed E-state index contributed by atoms with van der Waals surface area (Å²) in [6.07, 6.45) is 0. The Bertz CT molecular complexity index is 1420. The van der Waals surface area contributed by atoms with Gasteiger partial charge >= 0.3 is 0 Å². The quantitative estimate of drug-likeness (QED) is 0.490. The summed E-state index contributed by atoms with van der Waals surface area (Å²) < 4.78 is 16.6. The van der Waals surface area contributed by atoms with Crippen molar-refractivity contribution in [3.05, 3.63) is 86.5 Å². The fraction of sp³-hybridized carbons (Fsp3) is 0.208. The van der Waals surface area contributed by atoms with Crippen LogP contribution in [-0.2, 0) is 0 Å². The van der Waals surface area contributed by atoms with Crippen LogP contribution in [0.15, 0.2) is 56.2 Å². The van der Waals surface area contributed by atoms with E-state index in [0.717, 1.165) is 11.1 Å². The number of amides is 1. The predicted molar refractivity (Wildman–Crippen MR) is 115 cm³/mol. The molecule has 0 spiro atoms. The van der Waals surface area contributed by atoms with Gasteiger partial charge in [0, 0.05) is 6.07 Å². The third-order valence-corrected chi connectivity index (χ3v) is 5.76. The molecule has 0 radical (unpaired) electrons. The standard InChI is InChI=1S/C24H20N2O5/c1-12-8-17-18(9-13(12)2)30-23-20(22(17)27)21(15-6-5-7-16(11-15)29-4)26(24(23)28)19-10-14(3)31-25-19/h5-11,21H,1-4H3/t21-/m1/s1. The molecule has 4 aromatic rings. The third-order valence-electron chi connectivity index (χ3n) is 5.76. The van der Waals surface area contributed by atoms with Crippen molar-refractivity contribution in [2.24, 2.45) is 0 Å². The van der Waals surface area contributed by atoms with E-state index in [-0.39, 0.29) is 16.8 Å². The minimum atomic E-state index is -0.718. The minimum absolute atomic E-state index is 0.0224. The number of methoxy groups -OCH3 is 1. The van der Waals surface area contributed by atoms with E-state index < -0.39 is 11.9 Å². The molecular weight excluding hydrogens is 396 g/mol. The smallest absolute Gasteiger partial charge is 0.296 e. The highest BCUT2D eigenvalue weighted by Gasteiger charge is 2.45. The lowest BCUT2D eigenvalue weighted by atomic mass is 9.97. The van der Waals surface area contributed by atoms with Gasteiger partial charge in [-0.3, -0.25) is 14.5 Å². The first-order valence-corrected chi connectivity index (χ1v) is 9.88. The van der Waals surface area contributed by atoms with Crippen LogP contribution >= 0.6 is 0 Å². The topological polar surface area (TPSA) is 85.8 Å². The first kappa shape index (κ1) is 19.1. The van der Waals surface area contributed by atoms with Crippen LogP contribution in [0.4, 0.5) is 5.82 Å². The minimum Gasteiger partial charge on any atom is -0.497 e. The third kappa shape index (κ3) is 2.84. The SMILES string of the molecule is COc1cccc([C@@H]2c3c(oc4cc(C)c(C)cc4c3=O)C(=O)N2c2cc(C)on2)c1. The first-order valence-electron chi connectivity index (χ1n) is 9.88. The summed E-state index contributed by atoms with van der Waals surface area (Å²) in [4.78, 5) is 28.6. The Hall–Kier alpha value is -3.87. The van der Waals surface area contributed by atoms with Crippen LogP contribution in [0.25, 0.3) is 11.0 Å². The summed E-state index contributed by atoms with van der Waals surface area (Å²) in [5.41, 5.74) is 3.11. The summed E-state index contributed by atoms with van der Waals surface area (Å²) >= 11 is 0. The van der Waals surface area contributed by atoms with Crippen molar-refractivity contribution in [3.8, 4) is 5.75 Å². The number of benzene rings is 2. The summed E-state index contributed by atoms with van der Waals surface area (Å²) in [6.45, 7) is 5.62. The van der Waals surface area contributed by atoms with E-state index >= 15 is 0 Å². The van der Waals surface area contributed by atoms with Gasteiger partial charge in [-0.1, -0.05) is 17.3 Å². The van der Waals surface area contributed by atoms with Crippen molar-refractivity contribution in [1.29, 1.82) is 0 Å². The Kier molecular flexibility index (Phi) is 4.22. The fourth-order valence-corrected chi connectivity index (χ4v) is 4.06. The van der Waals surface area contributed by atoms with E-state index in [1.165, 1.54) is 4.90 Å². The molecule has 0 bridgehead atoms. The Morgan fingerprint density at radius 3 is 2.52 bits per heavy atom. The van der Waals surface area contributed by atoms with Crippen LogP contribution in [0.5, 0.6) is 5.75 Å². The number of carbonyl (C=O) groups excluding carboxylic acids is 1. The van der Waals surface area contributed by atoms with E-state index in [0.29, 0.717) is 33.9 Å². The maximum Gasteiger partial charge on any atom is 0.296 e. The number of aryl methyl sites for hydroxylation is 3. The van der Waals surface area contributed by atoms with Crippen LogP contribution in [-0.4, -0.2) is 18.2 Å². The molecule has 31 heavy (non-hydrogen) atoms. The lowest BCUT2D eigenvalue weighted by molar-refractivity contribution is 0.0969. The number of anilines is 1. The maximum absolute atomic E-state index is 13.6. The Morgan fingerprint density at radius 2 is 1.81 bits per heavy atom. The molecule has 5 rings (SSSR count). The van der Waals surface area contributed by atoms with Crippen molar-refractivity contribution < 1.29 is 18.5 Å². The molecule has 0 saturated heterocycles. The van der Waals surface area contributed by atoms with Gasteiger partial charge in [0.1, 0.15) is 17.1 Å². The molecular formula is C24H20N2O5. The molecule has 0 aliphatic carbocycles. The Labute approximate surface area is 177 Å². The van der Waals surface area contributed by atoms with Crippen molar-refractivity contribution >= 4 is 22.7 Å². The van der Waals surface area contributed by atoms with Crippen LogP contribution in [0.3, 0.4) is 0 Å². The highest BCUT2D eigenvalue weighted by atomic mass is 16.5. The molecule has 7 nitrogen and oxygen atoms in total. The van der Waals surface area contributed by atoms with Crippen molar-refractivity contribution in [3.63, 3.8) is 0 Å². The van der Waals surface area contributed by atoms with E-state index in [1.807, 2.05) is 32.0 Å². The molecule has 0 unspecified atom stereocenters. The molecule has 1 aliphatic rings. The number of hydrogen-bond acceptors (Lipinski definition) is 6. The monoisotopic (exact) mass is 416 g/mol. The molecule has 1 amide bonds. The van der Waals surface area contributed by atoms with E-state index in [9.17, 15) is 9.59 Å². The highest BCUT2D eigenvalue weighted by molar-refractivity contribution is 6.10. The van der Waals surface area contributed by atoms with Gasteiger partial charge in [0.05, 0.1) is 24.1 Å². The number of nitrogens with zero attached hydrogens (tertiary/aromatic N) is 2. The number of aromatic nitrogens is 1. The van der Waals surface area contributed by atoms with E-state index in [4.69, 9.17) is 13.7 Å². The normalized spacial score (nSPS) is 15.5. The second-order valence-electron chi connectivity index (χ2n) is 7.76. The average Bonchev–Trinajstić information content (AvgIpc) is 3.31. The number of carbonyl (C=O) groups is 1. The average molecular weight is 416 g/mol. The summed E-state index contributed by atoms with van der Waals surface area (Å²) in [6, 6.07) is 11.8. The largest absolute Gasteiger partial charge is 0.497 e. The molecule has 7 heteroatoms. The van der Waals surface area contributed by atoms with Crippen LogP contribution in [0.1, 0.15) is 44.6 Å². The summed E-state index contributed by atoms with van der Waals surface area (Å²) in [5.74, 6) is 1.07. The van der Waals surface area contributed by atoms with Gasteiger partial charge in [0.25, 0.3) is 5.91 Å². The van der Waals surface area contributed by atoms with Gasteiger partial charge in [0.15, 0.2) is 11.2 Å². The van der Waals surface area contributed by atoms with Gasteiger partial charge in [-0.05, 0) is 61.7 Å². The lowest BCUT2D eigenvalue weighted by Crippen LogP contribution is -2.29. The lowest BCUT2D eigenvalue weighted by Gasteiger charge is -2.22. The first-order chi connectivity index (χ1) is 14.9. The molecule has 0 N–H and O–H groups in total. The Morgan fingerprint density at radius 1 is 1.03 bits per heavy atom. The van der Waals surface area contributed by atoms with Gasteiger partial charge in [-0.25, -0.2) is 0 Å². The second kappa shape index (κ2) is 6.84. The molecule has 0 saturated carbocycles. The Balaban J connectivity index is 1.83. The maximum atomic E-state index is 13.6. The molecule has 156 valence electrons. The van der Waals surface area contributed by atoms with Gasteiger partial charge in [-0.2, -0.15) is 0 Å². The second-order valence-corrected chi connectivity index (χ2v) is 7.76. The summed E-state index contributed by atoms with van der Waals surface area (Å²) in [5, 5.41) is 4.48. The number of fused-ring (bicyclic) bond motifs is 2. The predicted octanol–water partition coefficient (Wildman–Crippen LogP) is 4.46. The zero-order valence-corrected chi connectivity index (χ0v) is 17.6. The van der Waals surface area contributed by atoms with Gasteiger partial charge in [-0.15, -0.1) is 0 Å². The van der Waals surface area contributed by atoms with Crippen molar-refractivity contribution in [2.75, 3.05) is 12.0 Å².